The summed E-state index contributed by atoms with van der Waals surface area (Å²) in [4.78, 5) is 18.6. The molecule has 0 bridgehead atoms. The van der Waals surface area contributed by atoms with Gasteiger partial charge in [0.2, 0.25) is 5.89 Å². The summed E-state index contributed by atoms with van der Waals surface area (Å²) in [6, 6.07) is 23.7. The number of carbonyl (C=O) groups excluding carboxylic acids is 1. The maximum atomic E-state index is 12.7. The first-order chi connectivity index (χ1) is 15.5. The third-order valence-electron chi connectivity index (χ3n) is 5.33. The van der Waals surface area contributed by atoms with Gasteiger partial charge in [-0.3, -0.25) is 4.79 Å². The monoisotopic (exact) mass is 442 g/mol. The molecule has 162 valence electrons. The van der Waals surface area contributed by atoms with Gasteiger partial charge in [-0.1, -0.05) is 42.8 Å². The Hall–Kier alpha value is -3.31. The summed E-state index contributed by atoms with van der Waals surface area (Å²) >= 11 is 1.74. The summed E-state index contributed by atoms with van der Waals surface area (Å²) in [5, 5.41) is 3.01. The Balaban J connectivity index is 1.44. The van der Waals surface area contributed by atoms with E-state index in [2.05, 4.69) is 48.4 Å². The number of benzene rings is 3. The fourth-order valence-corrected chi connectivity index (χ4v) is 4.28. The van der Waals surface area contributed by atoms with Crippen molar-refractivity contribution in [2.45, 2.75) is 37.8 Å². The number of hydrogen-bond acceptors (Lipinski definition) is 4. The maximum Gasteiger partial charge on any atom is 0.255 e. The van der Waals surface area contributed by atoms with Crippen molar-refractivity contribution < 1.29 is 9.21 Å². The van der Waals surface area contributed by atoms with Gasteiger partial charge in [0, 0.05) is 27.5 Å². The minimum atomic E-state index is -0.128. The maximum absolute atomic E-state index is 12.7. The average Bonchev–Trinajstić information content (AvgIpc) is 3.19. The highest BCUT2D eigenvalue weighted by molar-refractivity contribution is 7.98. The van der Waals surface area contributed by atoms with Crippen LogP contribution in [0.25, 0.3) is 11.5 Å². The van der Waals surface area contributed by atoms with Crippen LogP contribution in [-0.2, 0) is 12.2 Å². The molecule has 0 aliphatic rings. The van der Waals surface area contributed by atoms with E-state index in [9.17, 15) is 4.79 Å². The normalized spacial score (nSPS) is 10.8. The summed E-state index contributed by atoms with van der Waals surface area (Å²) in [5.41, 5.74) is 5.60. The van der Waals surface area contributed by atoms with Crippen LogP contribution in [-0.4, -0.2) is 10.9 Å². The van der Waals surface area contributed by atoms with E-state index < -0.39 is 0 Å². The molecule has 4 rings (SSSR count). The van der Waals surface area contributed by atoms with Crippen LogP contribution < -0.4 is 5.32 Å². The molecule has 4 nitrogen and oxygen atoms in total. The topological polar surface area (TPSA) is 55.1 Å². The van der Waals surface area contributed by atoms with Crippen LogP contribution in [0.2, 0.25) is 0 Å². The number of anilines is 1. The molecule has 0 aliphatic heterocycles. The van der Waals surface area contributed by atoms with Gasteiger partial charge in [0.15, 0.2) is 0 Å². The lowest BCUT2D eigenvalue weighted by molar-refractivity contribution is 0.102. The van der Waals surface area contributed by atoms with Crippen molar-refractivity contribution in [3.05, 3.63) is 101 Å². The predicted octanol–water partition coefficient (Wildman–Crippen LogP) is 7.07. The van der Waals surface area contributed by atoms with Crippen molar-refractivity contribution in [1.82, 2.24) is 4.98 Å². The van der Waals surface area contributed by atoms with E-state index in [1.165, 1.54) is 10.5 Å². The third kappa shape index (κ3) is 5.11. The van der Waals surface area contributed by atoms with Crippen molar-refractivity contribution in [3.8, 4) is 11.5 Å². The summed E-state index contributed by atoms with van der Waals surface area (Å²) in [5.74, 6) is 2.01. The standard InChI is InChI=1S/C27H26N2O2S/c1-4-20-7-5-6-8-24(20)28-26(30)21-11-13-22(14-12-21)27-29-25(19(3)31-27)17-32-23-15-9-18(2)10-16-23/h5-16H,4,17H2,1-3H3,(H,28,30). The van der Waals surface area contributed by atoms with Crippen LogP contribution in [0.4, 0.5) is 5.69 Å². The molecule has 1 heterocycles. The smallest absolute Gasteiger partial charge is 0.255 e. The molecule has 0 saturated heterocycles. The second kappa shape index (κ2) is 9.88. The molecule has 0 saturated carbocycles. The lowest BCUT2D eigenvalue weighted by atomic mass is 10.1. The quantitative estimate of drug-likeness (QED) is 0.311. The van der Waals surface area contributed by atoms with Crippen LogP contribution in [0.15, 0.2) is 82.1 Å². The summed E-state index contributed by atoms with van der Waals surface area (Å²) in [6.45, 7) is 6.10. The highest BCUT2D eigenvalue weighted by Crippen LogP contribution is 2.28. The number of amides is 1. The zero-order valence-electron chi connectivity index (χ0n) is 18.5. The Morgan fingerprint density at radius 1 is 0.969 bits per heavy atom. The number of hydrogen-bond donors (Lipinski definition) is 1. The second-order valence-corrected chi connectivity index (χ2v) is 8.71. The molecule has 5 heteroatoms. The Kier molecular flexibility index (Phi) is 6.76. The van der Waals surface area contributed by atoms with E-state index in [1.807, 2.05) is 43.3 Å². The SMILES string of the molecule is CCc1ccccc1NC(=O)c1ccc(-c2nc(CSc3ccc(C)cc3)c(C)o2)cc1. The molecule has 3 aromatic carbocycles. The number of oxazole rings is 1. The van der Waals surface area contributed by atoms with Crippen LogP contribution in [0, 0.1) is 13.8 Å². The number of rotatable bonds is 7. The van der Waals surface area contributed by atoms with Gasteiger partial charge >= 0.3 is 0 Å². The fourth-order valence-electron chi connectivity index (χ4n) is 3.38. The summed E-state index contributed by atoms with van der Waals surface area (Å²) < 4.78 is 5.91. The molecular weight excluding hydrogens is 416 g/mol. The van der Waals surface area contributed by atoms with Gasteiger partial charge in [-0.25, -0.2) is 4.98 Å². The van der Waals surface area contributed by atoms with Crippen molar-refractivity contribution in [2.75, 3.05) is 5.32 Å². The predicted molar refractivity (Wildman–Crippen MR) is 131 cm³/mol. The Morgan fingerprint density at radius 3 is 2.41 bits per heavy atom. The van der Waals surface area contributed by atoms with Gasteiger partial charge in [0.05, 0.1) is 5.69 Å². The highest BCUT2D eigenvalue weighted by Gasteiger charge is 2.14. The zero-order valence-corrected chi connectivity index (χ0v) is 19.3. The molecule has 1 N–H and O–H groups in total. The molecular formula is C27H26N2O2S. The van der Waals surface area contributed by atoms with Gasteiger partial charge in [-0.05, 0) is 68.3 Å². The molecule has 1 aromatic heterocycles. The number of nitrogens with one attached hydrogen (secondary N) is 1. The van der Waals surface area contributed by atoms with Crippen molar-refractivity contribution in [3.63, 3.8) is 0 Å². The largest absolute Gasteiger partial charge is 0.441 e. The molecule has 0 aliphatic carbocycles. The van der Waals surface area contributed by atoms with E-state index in [1.54, 1.807) is 23.9 Å². The van der Waals surface area contributed by atoms with Crippen LogP contribution >= 0.6 is 11.8 Å². The number of para-hydroxylation sites is 1. The van der Waals surface area contributed by atoms with Gasteiger partial charge in [-0.2, -0.15) is 0 Å². The lowest BCUT2D eigenvalue weighted by Gasteiger charge is -2.09. The molecule has 1 amide bonds. The lowest BCUT2D eigenvalue weighted by Crippen LogP contribution is -2.13. The third-order valence-corrected chi connectivity index (χ3v) is 6.35. The zero-order chi connectivity index (χ0) is 22.5. The first-order valence-electron chi connectivity index (χ1n) is 10.7. The second-order valence-electron chi connectivity index (χ2n) is 7.67. The Bertz CT molecular complexity index is 1210. The number of aromatic nitrogens is 1. The summed E-state index contributed by atoms with van der Waals surface area (Å²) in [6.07, 6.45) is 0.865. The van der Waals surface area contributed by atoms with Gasteiger partial charge in [-0.15, -0.1) is 11.8 Å². The minimum absolute atomic E-state index is 0.128. The molecule has 4 aromatic rings. The molecule has 0 atom stereocenters. The van der Waals surface area contributed by atoms with Crippen molar-refractivity contribution >= 4 is 23.4 Å². The van der Waals surface area contributed by atoms with E-state index in [0.29, 0.717) is 11.5 Å². The molecule has 0 unspecified atom stereocenters. The fraction of sp³-hybridized carbons (Fsp3) is 0.185. The first-order valence-corrected chi connectivity index (χ1v) is 11.7. The molecule has 0 spiro atoms. The minimum Gasteiger partial charge on any atom is -0.441 e. The van der Waals surface area contributed by atoms with E-state index in [0.717, 1.165) is 40.4 Å². The van der Waals surface area contributed by atoms with Gasteiger partial charge in [0.25, 0.3) is 5.91 Å². The number of thioether (sulfide) groups is 1. The van der Waals surface area contributed by atoms with E-state index >= 15 is 0 Å². The Morgan fingerprint density at radius 2 is 1.69 bits per heavy atom. The van der Waals surface area contributed by atoms with Gasteiger partial charge in [0.1, 0.15) is 5.76 Å². The molecule has 0 radical (unpaired) electrons. The van der Waals surface area contributed by atoms with Gasteiger partial charge < -0.3 is 9.73 Å². The number of aryl methyl sites for hydroxylation is 3. The van der Waals surface area contributed by atoms with Crippen molar-refractivity contribution in [2.24, 2.45) is 0 Å². The highest BCUT2D eigenvalue weighted by atomic mass is 32.2. The van der Waals surface area contributed by atoms with Crippen molar-refractivity contribution in [1.29, 1.82) is 0 Å². The molecule has 0 fully saturated rings. The van der Waals surface area contributed by atoms with E-state index in [4.69, 9.17) is 4.42 Å². The van der Waals surface area contributed by atoms with Crippen LogP contribution in [0.3, 0.4) is 0 Å². The molecule has 32 heavy (non-hydrogen) atoms. The van der Waals surface area contributed by atoms with Crippen LogP contribution in [0.1, 0.15) is 39.9 Å². The summed E-state index contributed by atoms with van der Waals surface area (Å²) in [7, 11) is 0. The van der Waals surface area contributed by atoms with E-state index in [-0.39, 0.29) is 5.91 Å². The Labute approximate surface area is 193 Å². The van der Waals surface area contributed by atoms with Crippen LogP contribution in [0.5, 0.6) is 0 Å². The number of nitrogens with zero attached hydrogens (tertiary/aromatic N) is 1. The average molecular weight is 443 g/mol. The first kappa shape index (κ1) is 21.9. The number of carbonyl (C=O) groups is 1.